The number of rotatable bonds is 5. The molecule has 0 aromatic heterocycles. The summed E-state index contributed by atoms with van der Waals surface area (Å²) in [6.07, 6.45) is -5.03. The van der Waals surface area contributed by atoms with Crippen LogP contribution in [0.1, 0.15) is 6.42 Å². The highest BCUT2D eigenvalue weighted by atomic mass is 35.5. The molecule has 0 aliphatic heterocycles. The van der Waals surface area contributed by atoms with Crippen molar-refractivity contribution in [2.45, 2.75) is 18.8 Å². The van der Waals surface area contributed by atoms with Gasteiger partial charge in [-0.3, -0.25) is 0 Å². The molecule has 0 radical (unpaired) electrons. The Morgan fingerprint density at radius 1 is 1.50 bits per heavy atom. The van der Waals surface area contributed by atoms with Crippen LogP contribution in [0.2, 0.25) is 0 Å². The van der Waals surface area contributed by atoms with Gasteiger partial charge in [-0.1, -0.05) is 18.2 Å². The van der Waals surface area contributed by atoms with E-state index in [1.165, 1.54) is 0 Å². The minimum atomic E-state index is -4.16. The summed E-state index contributed by atoms with van der Waals surface area (Å²) in [7, 11) is 0. The van der Waals surface area contributed by atoms with E-state index in [0.29, 0.717) is 0 Å². The van der Waals surface area contributed by atoms with E-state index in [2.05, 4.69) is 11.3 Å². The summed E-state index contributed by atoms with van der Waals surface area (Å²) in [6, 6.07) is 0. The van der Waals surface area contributed by atoms with E-state index in [4.69, 9.17) is 11.6 Å². The number of ether oxygens (including phenoxy) is 1. The lowest BCUT2D eigenvalue weighted by Crippen LogP contribution is -2.28. The Bertz CT molecular complexity index is 230. The summed E-state index contributed by atoms with van der Waals surface area (Å²) in [5.41, 5.74) is 0. The molecular weight excluding hydrogens is 228 g/mol. The molecule has 2 nitrogen and oxygen atoms in total. The van der Waals surface area contributed by atoms with Crippen LogP contribution in [-0.2, 0) is 9.53 Å². The van der Waals surface area contributed by atoms with E-state index in [9.17, 15) is 22.4 Å². The van der Waals surface area contributed by atoms with Crippen molar-refractivity contribution >= 4 is 17.6 Å². The zero-order chi connectivity index (χ0) is 11.4. The van der Waals surface area contributed by atoms with Crippen LogP contribution in [0.3, 0.4) is 0 Å². The first-order chi connectivity index (χ1) is 6.27. The maximum Gasteiger partial charge on any atom is 0.349 e. The molecule has 0 fully saturated rings. The summed E-state index contributed by atoms with van der Waals surface area (Å²) in [6.45, 7) is 2.13. The second-order valence-electron chi connectivity index (χ2n) is 2.35. The van der Waals surface area contributed by atoms with Crippen LogP contribution < -0.4 is 0 Å². The van der Waals surface area contributed by atoms with Crippen molar-refractivity contribution < 1.29 is 27.1 Å². The largest absolute Gasteiger partial charge is 0.461 e. The second-order valence-corrected chi connectivity index (χ2v) is 2.81. The van der Waals surface area contributed by atoms with Crippen LogP contribution in [0, 0.1) is 0 Å². The van der Waals surface area contributed by atoms with Gasteiger partial charge in [0.2, 0.25) is 0 Å². The molecule has 0 amide bonds. The van der Waals surface area contributed by atoms with Crippen molar-refractivity contribution in [2.75, 3.05) is 6.61 Å². The average molecular weight is 235 g/mol. The zero-order valence-corrected chi connectivity index (χ0v) is 7.66. The van der Waals surface area contributed by atoms with Crippen LogP contribution in [0.25, 0.3) is 0 Å². The molecule has 0 atom stereocenters. The van der Waals surface area contributed by atoms with Crippen molar-refractivity contribution in [1.82, 2.24) is 0 Å². The Morgan fingerprint density at radius 3 is 2.36 bits per heavy atom. The quantitative estimate of drug-likeness (QED) is 0.415. The maximum atomic E-state index is 12.2. The number of hydrogen-bond acceptors (Lipinski definition) is 2. The van der Waals surface area contributed by atoms with Gasteiger partial charge in [0.1, 0.15) is 5.03 Å². The predicted molar refractivity (Wildman–Crippen MR) is 41.5 cm³/mol. The average Bonchev–Trinajstić information content (AvgIpc) is 2.03. The monoisotopic (exact) mass is 234 g/mol. The van der Waals surface area contributed by atoms with Crippen molar-refractivity contribution in [1.29, 1.82) is 0 Å². The van der Waals surface area contributed by atoms with Gasteiger partial charge < -0.3 is 4.74 Å². The van der Waals surface area contributed by atoms with Crippen molar-refractivity contribution in [3.8, 4) is 0 Å². The van der Waals surface area contributed by atoms with Gasteiger partial charge in [-0.2, -0.15) is 0 Å². The molecule has 0 bridgehead atoms. The number of carbonyl (C=O) groups excluding carboxylic acids is 1. The fourth-order valence-corrected chi connectivity index (χ4v) is 0.522. The lowest BCUT2D eigenvalue weighted by Gasteiger charge is -2.14. The highest BCUT2D eigenvalue weighted by Gasteiger charge is 2.40. The molecule has 0 N–H and O–H groups in total. The van der Waals surface area contributed by atoms with Gasteiger partial charge in [-0.25, -0.2) is 22.4 Å². The first-order valence-corrected chi connectivity index (χ1v) is 3.82. The molecular formula is C7H7ClF4O2. The van der Waals surface area contributed by atoms with Gasteiger partial charge in [0.05, 0.1) is 13.0 Å². The minimum Gasteiger partial charge on any atom is -0.461 e. The van der Waals surface area contributed by atoms with Gasteiger partial charge in [0.25, 0.3) is 0 Å². The molecule has 0 unspecified atom stereocenters. The van der Waals surface area contributed by atoms with E-state index >= 15 is 0 Å². The highest BCUT2D eigenvalue weighted by molar-refractivity contribution is 6.40. The van der Waals surface area contributed by atoms with E-state index in [1.54, 1.807) is 0 Å². The Labute approximate surface area is 82.5 Å². The lowest BCUT2D eigenvalue weighted by atomic mass is 10.2. The number of alkyl halides is 4. The molecule has 0 aliphatic rings. The molecule has 0 saturated heterocycles. The SMILES string of the molecule is C=C(Cl)C(=O)OCCC(F)(F)C(F)F. The van der Waals surface area contributed by atoms with E-state index in [-0.39, 0.29) is 0 Å². The smallest absolute Gasteiger partial charge is 0.349 e. The summed E-state index contributed by atoms with van der Waals surface area (Å²) in [5.74, 6) is -5.26. The third-order valence-electron chi connectivity index (χ3n) is 1.21. The van der Waals surface area contributed by atoms with Gasteiger partial charge in [-0.15, -0.1) is 0 Å². The molecule has 0 aromatic carbocycles. The molecule has 14 heavy (non-hydrogen) atoms. The predicted octanol–water partition coefficient (Wildman–Crippen LogP) is 2.57. The standard InChI is InChI=1S/C7H7ClF4O2/c1-4(8)5(13)14-3-2-7(11,12)6(9)10/h6H,1-3H2. The summed E-state index contributed by atoms with van der Waals surface area (Å²) >= 11 is 5.04. The van der Waals surface area contributed by atoms with Gasteiger partial charge in [0, 0.05) is 0 Å². The number of carbonyl (C=O) groups is 1. The van der Waals surface area contributed by atoms with E-state index in [0.717, 1.165) is 0 Å². The number of esters is 1. The third kappa shape index (κ3) is 4.45. The maximum absolute atomic E-state index is 12.2. The van der Waals surface area contributed by atoms with Gasteiger partial charge in [0.15, 0.2) is 0 Å². The molecule has 0 saturated carbocycles. The van der Waals surface area contributed by atoms with Crippen molar-refractivity contribution in [2.24, 2.45) is 0 Å². The fourth-order valence-electron chi connectivity index (χ4n) is 0.467. The zero-order valence-electron chi connectivity index (χ0n) is 6.90. The summed E-state index contributed by atoms with van der Waals surface area (Å²) < 4.78 is 51.6. The highest BCUT2D eigenvalue weighted by Crippen LogP contribution is 2.26. The van der Waals surface area contributed by atoms with Crippen LogP contribution in [0.15, 0.2) is 11.6 Å². The molecule has 7 heteroatoms. The van der Waals surface area contributed by atoms with Crippen molar-refractivity contribution in [3.63, 3.8) is 0 Å². The van der Waals surface area contributed by atoms with Crippen LogP contribution in [-0.4, -0.2) is 24.9 Å². The van der Waals surface area contributed by atoms with Gasteiger partial charge >= 0.3 is 18.3 Å². The fraction of sp³-hybridized carbons (Fsp3) is 0.571. The molecule has 0 spiro atoms. The van der Waals surface area contributed by atoms with Gasteiger partial charge in [-0.05, 0) is 0 Å². The van der Waals surface area contributed by atoms with Crippen LogP contribution in [0.5, 0.6) is 0 Å². The minimum absolute atomic E-state index is 0.495. The second kappa shape index (κ2) is 5.19. The van der Waals surface area contributed by atoms with Crippen LogP contribution in [0.4, 0.5) is 17.6 Å². The summed E-state index contributed by atoms with van der Waals surface area (Å²) in [4.78, 5) is 10.5. The number of hydrogen-bond donors (Lipinski definition) is 0. The molecule has 82 valence electrons. The van der Waals surface area contributed by atoms with Crippen molar-refractivity contribution in [3.05, 3.63) is 11.6 Å². The normalized spacial score (nSPS) is 11.6. The third-order valence-corrected chi connectivity index (χ3v) is 1.36. The molecule has 0 aliphatic carbocycles. The Hall–Kier alpha value is -0.780. The lowest BCUT2D eigenvalue weighted by molar-refractivity contribution is -0.153. The first kappa shape index (κ1) is 13.2. The Morgan fingerprint density at radius 2 is 2.00 bits per heavy atom. The molecule has 0 rings (SSSR count). The number of halogens is 5. The van der Waals surface area contributed by atoms with E-state index < -0.39 is 36.4 Å². The van der Waals surface area contributed by atoms with E-state index in [1.807, 2.05) is 0 Å². The first-order valence-electron chi connectivity index (χ1n) is 3.45. The summed E-state index contributed by atoms with van der Waals surface area (Å²) in [5, 5.41) is -0.495. The van der Waals surface area contributed by atoms with Crippen LogP contribution >= 0.6 is 11.6 Å². The Kier molecular flexibility index (Phi) is 4.90. The topological polar surface area (TPSA) is 26.3 Å². The molecule has 0 aromatic rings. The Balaban J connectivity index is 3.85. The molecule has 0 heterocycles.